The van der Waals surface area contributed by atoms with Crippen LogP contribution in [0.25, 0.3) is 16.4 Å². The molecule has 0 unspecified atom stereocenters. The molecule has 0 bridgehead atoms. The molecule has 1 N–H and O–H groups in total. The molecule has 2 heterocycles. The molecule has 8 heteroatoms. The molecular weight excluding hydrogens is 387 g/mol. The molecule has 0 spiro atoms. The summed E-state index contributed by atoms with van der Waals surface area (Å²) in [5.74, 6) is 0.572. The Hall–Kier alpha value is -3.68. The van der Waals surface area contributed by atoms with E-state index in [4.69, 9.17) is 4.74 Å². The summed E-state index contributed by atoms with van der Waals surface area (Å²) >= 11 is 0. The zero-order chi connectivity index (χ0) is 21.3. The minimum atomic E-state index is -0.406. The highest BCUT2D eigenvalue weighted by atomic mass is 19.1. The normalized spacial score (nSPS) is 11.2. The van der Waals surface area contributed by atoms with Crippen LogP contribution in [-0.4, -0.2) is 27.2 Å². The van der Waals surface area contributed by atoms with Crippen LogP contribution in [0.2, 0.25) is 0 Å². The van der Waals surface area contributed by atoms with Gasteiger partial charge in [-0.25, -0.2) is 9.07 Å². The second kappa shape index (κ2) is 7.98. The Kier molecular flexibility index (Phi) is 5.22. The van der Waals surface area contributed by atoms with E-state index in [1.54, 1.807) is 23.6 Å². The van der Waals surface area contributed by atoms with Gasteiger partial charge in [-0.1, -0.05) is 25.1 Å². The van der Waals surface area contributed by atoms with Gasteiger partial charge in [-0.05, 0) is 30.3 Å². The molecule has 0 saturated carbocycles. The van der Waals surface area contributed by atoms with Gasteiger partial charge in [-0.15, -0.1) is 0 Å². The van der Waals surface area contributed by atoms with Gasteiger partial charge in [0.2, 0.25) is 5.91 Å². The lowest BCUT2D eigenvalue weighted by molar-refractivity contribution is -0.122. The molecule has 7 nitrogen and oxygen atoms in total. The summed E-state index contributed by atoms with van der Waals surface area (Å²) in [6.45, 7) is 1.97. The number of carbonyl (C=O) groups excluding carboxylic acids is 1. The molecule has 0 saturated heterocycles. The molecule has 0 aliphatic carbocycles. The van der Waals surface area contributed by atoms with Gasteiger partial charge >= 0.3 is 0 Å². The number of rotatable bonds is 6. The first kappa shape index (κ1) is 19.6. The summed E-state index contributed by atoms with van der Waals surface area (Å²) in [6, 6.07) is 13.4. The lowest BCUT2D eigenvalue weighted by atomic mass is 10.2. The third-order valence-corrected chi connectivity index (χ3v) is 4.99. The number of hydrogen-bond acceptors (Lipinski definition) is 4. The second-order valence-electron chi connectivity index (χ2n) is 6.89. The lowest BCUT2D eigenvalue weighted by Crippen LogP contribution is -2.35. The van der Waals surface area contributed by atoms with Crippen LogP contribution in [0.15, 0.2) is 53.3 Å². The summed E-state index contributed by atoms with van der Waals surface area (Å²) in [6.07, 6.45) is 0.542. The Bertz CT molecular complexity index is 1310. The number of nitrogens with zero attached hydrogens (tertiary/aromatic N) is 3. The Balaban J connectivity index is 1.64. The van der Waals surface area contributed by atoms with Crippen LogP contribution in [0.4, 0.5) is 4.39 Å². The fourth-order valence-electron chi connectivity index (χ4n) is 3.55. The van der Waals surface area contributed by atoms with E-state index in [0.29, 0.717) is 34.4 Å². The minimum Gasteiger partial charge on any atom is -0.496 e. The smallest absolute Gasteiger partial charge is 0.291 e. The van der Waals surface area contributed by atoms with Gasteiger partial charge < -0.3 is 10.1 Å². The van der Waals surface area contributed by atoms with Crippen molar-refractivity contribution in [1.29, 1.82) is 0 Å². The van der Waals surface area contributed by atoms with Gasteiger partial charge in [0.05, 0.1) is 12.6 Å². The Morgan fingerprint density at radius 2 is 1.97 bits per heavy atom. The highest BCUT2D eigenvalue weighted by Crippen LogP contribution is 2.21. The van der Waals surface area contributed by atoms with E-state index in [0.717, 1.165) is 10.2 Å². The van der Waals surface area contributed by atoms with Crippen molar-refractivity contribution >= 4 is 22.3 Å². The molecule has 30 heavy (non-hydrogen) atoms. The van der Waals surface area contributed by atoms with E-state index in [1.807, 2.05) is 31.2 Å². The van der Waals surface area contributed by atoms with Gasteiger partial charge in [0.1, 0.15) is 29.5 Å². The predicted octanol–water partition coefficient (Wildman–Crippen LogP) is 2.68. The van der Waals surface area contributed by atoms with E-state index < -0.39 is 5.56 Å². The van der Waals surface area contributed by atoms with Gasteiger partial charge in [-0.3, -0.25) is 14.0 Å². The van der Waals surface area contributed by atoms with Crippen molar-refractivity contribution in [1.82, 2.24) is 19.5 Å². The second-order valence-corrected chi connectivity index (χ2v) is 6.89. The molecule has 1 amide bonds. The van der Waals surface area contributed by atoms with Crippen molar-refractivity contribution in [3.8, 4) is 5.75 Å². The fourth-order valence-corrected chi connectivity index (χ4v) is 3.55. The van der Waals surface area contributed by atoms with Crippen molar-refractivity contribution in [2.24, 2.45) is 0 Å². The standard InChI is InChI=1S/C22H21FN4O3/c1-3-20-25-26(13-21(28)24-12-14-6-4-5-7-19(14)30-2)22(29)18-11-15-10-16(23)8-9-17(15)27(18)20/h4-11H,3,12-13H2,1-2H3,(H,24,28). The van der Waals surface area contributed by atoms with Crippen LogP contribution in [0.5, 0.6) is 5.75 Å². The summed E-state index contributed by atoms with van der Waals surface area (Å²) in [4.78, 5) is 25.4. The largest absolute Gasteiger partial charge is 0.496 e. The third kappa shape index (κ3) is 3.52. The van der Waals surface area contributed by atoms with Crippen LogP contribution < -0.4 is 15.6 Å². The number of ether oxygens (including phenoxy) is 1. The molecule has 0 radical (unpaired) electrons. The van der Waals surface area contributed by atoms with Gasteiger partial charge in [-0.2, -0.15) is 5.10 Å². The van der Waals surface area contributed by atoms with Crippen molar-refractivity contribution in [2.75, 3.05) is 7.11 Å². The van der Waals surface area contributed by atoms with Crippen molar-refractivity contribution in [3.05, 3.63) is 76.1 Å². The molecular formula is C22H21FN4O3. The minimum absolute atomic E-state index is 0.215. The zero-order valence-electron chi connectivity index (χ0n) is 16.7. The highest BCUT2D eigenvalue weighted by Gasteiger charge is 2.16. The van der Waals surface area contributed by atoms with Crippen LogP contribution in [-0.2, 0) is 24.3 Å². The van der Waals surface area contributed by atoms with Crippen LogP contribution in [0.3, 0.4) is 0 Å². The van der Waals surface area contributed by atoms with Gasteiger partial charge in [0, 0.05) is 23.9 Å². The molecule has 0 atom stereocenters. The molecule has 2 aromatic carbocycles. The first-order valence-corrected chi connectivity index (χ1v) is 9.61. The van der Waals surface area contributed by atoms with Crippen LogP contribution in [0.1, 0.15) is 18.3 Å². The van der Waals surface area contributed by atoms with Crippen molar-refractivity contribution in [3.63, 3.8) is 0 Å². The monoisotopic (exact) mass is 408 g/mol. The van der Waals surface area contributed by atoms with Gasteiger partial charge in [0.25, 0.3) is 5.56 Å². The van der Waals surface area contributed by atoms with Crippen molar-refractivity contribution in [2.45, 2.75) is 26.4 Å². The number of amides is 1. The van der Waals surface area contributed by atoms with E-state index in [2.05, 4.69) is 10.4 Å². The van der Waals surface area contributed by atoms with Crippen LogP contribution in [0, 0.1) is 5.82 Å². The average Bonchev–Trinajstić information content (AvgIpc) is 3.13. The maximum atomic E-state index is 13.6. The molecule has 0 aliphatic rings. The number of hydrogen-bond donors (Lipinski definition) is 1. The SMILES string of the molecule is CCc1nn(CC(=O)NCc2ccccc2OC)c(=O)c2cc3cc(F)ccc3n12. The highest BCUT2D eigenvalue weighted by molar-refractivity contribution is 5.87. The number of benzene rings is 2. The molecule has 4 aromatic rings. The van der Waals surface area contributed by atoms with Crippen molar-refractivity contribution < 1.29 is 13.9 Å². The number of aromatic nitrogens is 3. The van der Waals surface area contributed by atoms with Crippen LogP contribution >= 0.6 is 0 Å². The van der Waals surface area contributed by atoms with Gasteiger partial charge in [0.15, 0.2) is 0 Å². The topological polar surface area (TPSA) is 77.6 Å². The Labute approximate surface area is 171 Å². The van der Waals surface area contributed by atoms with E-state index in [9.17, 15) is 14.0 Å². The molecule has 0 fully saturated rings. The number of carbonyl (C=O) groups is 1. The number of fused-ring (bicyclic) bond motifs is 3. The predicted molar refractivity (Wildman–Crippen MR) is 111 cm³/mol. The number of halogens is 1. The lowest BCUT2D eigenvalue weighted by Gasteiger charge is -2.12. The quantitative estimate of drug-likeness (QED) is 0.532. The summed E-state index contributed by atoms with van der Waals surface area (Å²) in [5.41, 5.74) is 1.50. The Morgan fingerprint density at radius 3 is 2.73 bits per heavy atom. The number of para-hydroxylation sites is 1. The summed E-state index contributed by atoms with van der Waals surface area (Å²) < 4.78 is 21.8. The number of nitrogens with one attached hydrogen (secondary N) is 1. The summed E-state index contributed by atoms with van der Waals surface area (Å²) in [5, 5.41) is 7.79. The maximum Gasteiger partial charge on any atom is 0.291 e. The fraction of sp³-hybridized carbons (Fsp3) is 0.227. The molecule has 2 aromatic heterocycles. The third-order valence-electron chi connectivity index (χ3n) is 4.99. The first-order chi connectivity index (χ1) is 14.5. The average molecular weight is 408 g/mol. The molecule has 0 aliphatic heterocycles. The summed E-state index contributed by atoms with van der Waals surface area (Å²) in [7, 11) is 1.57. The maximum absolute atomic E-state index is 13.6. The Morgan fingerprint density at radius 1 is 1.17 bits per heavy atom. The number of methoxy groups -OCH3 is 1. The number of aryl methyl sites for hydroxylation is 1. The van der Waals surface area contributed by atoms with E-state index in [1.165, 1.54) is 12.1 Å². The van der Waals surface area contributed by atoms with E-state index in [-0.39, 0.29) is 24.8 Å². The molecule has 4 rings (SSSR count). The first-order valence-electron chi connectivity index (χ1n) is 9.61. The zero-order valence-corrected chi connectivity index (χ0v) is 16.7. The van der Waals surface area contributed by atoms with E-state index >= 15 is 0 Å². The molecule has 154 valence electrons.